The van der Waals surface area contributed by atoms with Crippen LogP contribution >= 0.6 is 0 Å². The third-order valence-electron chi connectivity index (χ3n) is 13.6. The SMILES string of the molecule is c1ccc(-c2ccc3c(c2)c2c4c5ccccc5n5c6ccccc6c(cc2n3-c2nc(-c3ccc6c7ccccc7n(-c7ccccc7)c6c3)c3c(n2)oc2ccccc23)c45)cc1. The van der Waals surface area contributed by atoms with Crippen LogP contribution in [0.25, 0.3) is 138 Å². The van der Waals surface area contributed by atoms with E-state index in [1.165, 1.54) is 59.8 Å². The molecule has 0 bridgehead atoms. The molecule has 0 aliphatic rings. The molecule has 0 N–H and O–H groups in total. The smallest absolute Gasteiger partial charge is 0.238 e. The quantitative estimate of drug-likeness (QED) is 0.178. The molecule has 0 spiro atoms. The summed E-state index contributed by atoms with van der Waals surface area (Å²) in [6.45, 7) is 0. The van der Waals surface area contributed by atoms with Gasteiger partial charge in [-0.15, -0.1) is 0 Å². The van der Waals surface area contributed by atoms with Gasteiger partial charge in [0, 0.05) is 59.7 Å². The highest BCUT2D eigenvalue weighted by atomic mass is 16.3. The third kappa shape index (κ3) is 4.43. The molecule has 0 amide bonds. The molecule has 6 heterocycles. The summed E-state index contributed by atoms with van der Waals surface area (Å²) in [5, 5.41) is 11.5. The highest BCUT2D eigenvalue weighted by Gasteiger charge is 2.27. The predicted molar refractivity (Wildman–Crippen MR) is 264 cm³/mol. The Morgan fingerprint density at radius 3 is 1.78 bits per heavy atom. The first-order valence-electron chi connectivity index (χ1n) is 21.7. The lowest BCUT2D eigenvalue weighted by molar-refractivity contribution is 0.651. The van der Waals surface area contributed by atoms with Crippen molar-refractivity contribution in [3.05, 3.63) is 200 Å². The Morgan fingerprint density at radius 1 is 0.344 bits per heavy atom. The average Bonchev–Trinajstić information content (AvgIpc) is 4.15. The normalized spacial score (nSPS) is 12.4. The van der Waals surface area contributed by atoms with Gasteiger partial charge in [-0.3, -0.25) is 4.57 Å². The van der Waals surface area contributed by atoms with Crippen LogP contribution in [0.4, 0.5) is 0 Å². The summed E-state index contributed by atoms with van der Waals surface area (Å²) in [5.41, 5.74) is 14.5. The van der Waals surface area contributed by atoms with Crippen molar-refractivity contribution >= 4 is 104 Å². The summed E-state index contributed by atoms with van der Waals surface area (Å²) in [4.78, 5) is 11.1. The van der Waals surface area contributed by atoms with Gasteiger partial charge in [0.25, 0.3) is 0 Å². The van der Waals surface area contributed by atoms with E-state index in [-0.39, 0.29) is 0 Å². The van der Waals surface area contributed by atoms with Crippen molar-refractivity contribution in [2.75, 3.05) is 0 Å². The van der Waals surface area contributed by atoms with Crippen molar-refractivity contribution in [2.45, 2.75) is 0 Å². The van der Waals surface area contributed by atoms with E-state index in [1.54, 1.807) is 0 Å². The monoisotopic (exact) mass is 815 g/mol. The van der Waals surface area contributed by atoms with Crippen molar-refractivity contribution < 1.29 is 4.42 Å². The van der Waals surface area contributed by atoms with Crippen molar-refractivity contribution in [1.82, 2.24) is 23.5 Å². The molecular formula is C58H33N5O. The number of hydrogen-bond donors (Lipinski definition) is 0. The van der Waals surface area contributed by atoms with Gasteiger partial charge >= 0.3 is 0 Å². The summed E-state index contributed by atoms with van der Waals surface area (Å²) in [6.07, 6.45) is 0. The second-order valence-electron chi connectivity index (χ2n) is 16.9. The van der Waals surface area contributed by atoms with Crippen LogP contribution < -0.4 is 0 Å². The highest BCUT2D eigenvalue weighted by Crippen LogP contribution is 2.48. The van der Waals surface area contributed by atoms with Gasteiger partial charge < -0.3 is 13.4 Å². The van der Waals surface area contributed by atoms with Gasteiger partial charge in [0.2, 0.25) is 11.7 Å². The van der Waals surface area contributed by atoms with E-state index in [0.717, 1.165) is 66.3 Å². The van der Waals surface area contributed by atoms with Gasteiger partial charge in [-0.2, -0.15) is 4.98 Å². The lowest BCUT2D eigenvalue weighted by Gasteiger charge is -2.11. The van der Waals surface area contributed by atoms with Crippen LogP contribution in [0.1, 0.15) is 0 Å². The van der Waals surface area contributed by atoms with Crippen LogP contribution in [0.15, 0.2) is 205 Å². The Morgan fingerprint density at radius 2 is 0.969 bits per heavy atom. The Labute approximate surface area is 364 Å². The summed E-state index contributed by atoms with van der Waals surface area (Å²) in [5.74, 6) is 0.555. The molecule has 0 radical (unpaired) electrons. The molecule has 0 aliphatic heterocycles. The fourth-order valence-electron chi connectivity index (χ4n) is 10.9. The number of benzene rings is 9. The molecule has 6 nitrogen and oxygen atoms in total. The first-order valence-corrected chi connectivity index (χ1v) is 21.7. The Balaban J connectivity index is 1.10. The largest absolute Gasteiger partial charge is 0.437 e. The van der Waals surface area contributed by atoms with E-state index in [1.807, 2.05) is 12.1 Å². The molecule has 0 fully saturated rings. The molecule has 6 heteroatoms. The highest BCUT2D eigenvalue weighted by molar-refractivity contribution is 6.36. The fourth-order valence-corrected chi connectivity index (χ4v) is 10.9. The number of fused-ring (bicyclic) bond motifs is 16. The van der Waals surface area contributed by atoms with E-state index in [0.29, 0.717) is 11.7 Å². The molecule has 296 valence electrons. The van der Waals surface area contributed by atoms with Crippen LogP contribution in [0.3, 0.4) is 0 Å². The van der Waals surface area contributed by atoms with Crippen LogP contribution in [-0.4, -0.2) is 23.5 Å². The van der Waals surface area contributed by atoms with Crippen LogP contribution in [0.5, 0.6) is 0 Å². The van der Waals surface area contributed by atoms with Gasteiger partial charge in [-0.25, -0.2) is 4.98 Å². The lowest BCUT2D eigenvalue weighted by atomic mass is 9.99. The fraction of sp³-hybridized carbons (Fsp3) is 0. The van der Waals surface area contributed by atoms with Crippen LogP contribution in [0.2, 0.25) is 0 Å². The minimum absolute atomic E-state index is 0.549. The zero-order chi connectivity index (χ0) is 41.6. The summed E-state index contributed by atoms with van der Waals surface area (Å²) in [6, 6.07) is 71.7. The van der Waals surface area contributed by atoms with Crippen molar-refractivity contribution in [3.8, 4) is 34.0 Å². The molecular weight excluding hydrogens is 783 g/mol. The molecule has 9 aromatic carbocycles. The molecule has 15 aromatic rings. The Kier molecular flexibility index (Phi) is 6.59. The van der Waals surface area contributed by atoms with Crippen molar-refractivity contribution in [3.63, 3.8) is 0 Å². The predicted octanol–water partition coefficient (Wildman–Crippen LogP) is 15.1. The lowest BCUT2D eigenvalue weighted by Crippen LogP contribution is -2.03. The third-order valence-corrected chi connectivity index (χ3v) is 13.6. The molecule has 0 aliphatic carbocycles. The molecule has 64 heavy (non-hydrogen) atoms. The van der Waals surface area contributed by atoms with Crippen LogP contribution in [-0.2, 0) is 0 Å². The zero-order valence-electron chi connectivity index (χ0n) is 34.2. The topological polar surface area (TPSA) is 53.2 Å². The zero-order valence-corrected chi connectivity index (χ0v) is 34.2. The van der Waals surface area contributed by atoms with E-state index in [2.05, 4.69) is 202 Å². The van der Waals surface area contributed by atoms with E-state index in [9.17, 15) is 0 Å². The summed E-state index contributed by atoms with van der Waals surface area (Å²) < 4.78 is 13.8. The van der Waals surface area contributed by atoms with Crippen LogP contribution in [0, 0.1) is 0 Å². The van der Waals surface area contributed by atoms with E-state index >= 15 is 0 Å². The Hall–Kier alpha value is -8.74. The number of rotatable bonds is 4. The van der Waals surface area contributed by atoms with Gasteiger partial charge in [-0.05, 0) is 71.8 Å². The molecule has 6 aromatic heterocycles. The maximum atomic E-state index is 6.73. The molecule has 0 atom stereocenters. The first-order chi connectivity index (χ1) is 31.8. The maximum Gasteiger partial charge on any atom is 0.238 e. The van der Waals surface area contributed by atoms with E-state index < -0.39 is 0 Å². The van der Waals surface area contributed by atoms with Crippen molar-refractivity contribution in [2.24, 2.45) is 0 Å². The Bertz CT molecular complexity index is 4420. The average molecular weight is 816 g/mol. The maximum absolute atomic E-state index is 6.73. The van der Waals surface area contributed by atoms with Gasteiger partial charge in [0.05, 0.1) is 49.7 Å². The number of furan rings is 1. The molecule has 15 rings (SSSR count). The summed E-state index contributed by atoms with van der Waals surface area (Å²) in [7, 11) is 0. The number of para-hydroxylation sites is 5. The van der Waals surface area contributed by atoms with Gasteiger partial charge in [-0.1, -0.05) is 140 Å². The van der Waals surface area contributed by atoms with E-state index in [4.69, 9.17) is 14.4 Å². The minimum atomic E-state index is 0.549. The number of aromatic nitrogens is 5. The van der Waals surface area contributed by atoms with Crippen molar-refractivity contribution in [1.29, 1.82) is 0 Å². The number of hydrogen-bond acceptors (Lipinski definition) is 3. The second-order valence-corrected chi connectivity index (χ2v) is 16.9. The van der Waals surface area contributed by atoms with Gasteiger partial charge in [0.1, 0.15) is 5.58 Å². The molecule has 0 saturated heterocycles. The second kappa shape index (κ2) is 12.4. The van der Waals surface area contributed by atoms with Gasteiger partial charge in [0.15, 0.2) is 0 Å². The standard InChI is InChI=1S/C58H33N5O/c1-3-15-34(16-4-1)35-28-30-48-44(31-35)52-50(33-43-39-20-8-12-24-46(39)62-47-25-13-9-21-41(47)53(52)56(43)62)63(48)58-59-55(54-42-22-10-14-26-51(42)64-57(54)60-58)36-27-29-40-38-19-7-11-23-45(38)61(49(40)32-36)37-17-5-2-6-18-37/h1-33H. The number of nitrogens with zero attached hydrogens (tertiary/aromatic N) is 5. The first kappa shape index (κ1) is 33.9. The summed E-state index contributed by atoms with van der Waals surface area (Å²) >= 11 is 0. The minimum Gasteiger partial charge on any atom is -0.437 e. The molecule has 0 unspecified atom stereocenters. The molecule has 0 saturated carbocycles.